The maximum Gasteiger partial charge on any atom is 0.331 e. The number of hydrogen-bond acceptors (Lipinski definition) is 4. The molecule has 2 aromatic rings. The summed E-state index contributed by atoms with van der Waals surface area (Å²) < 4.78 is 6.64. The number of fused-ring (bicyclic) bond motifs is 1. The van der Waals surface area contributed by atoms with Crippen LogP contribution in [0.5, 0.6) is 11.6 Å². The first-order chi connectivity index (χ1) is 9.09. The molecular weight excluding hydrogens is 248 g/mol. The Kier molecular flexibility index (Phi) is 2.45. The molecule has 0 amide bonds. The summed E-state index contributed by atoms with van der Waals surface area (Å²) in [6, 6.07) is 6.87. The smallest absolute Gasteiger partial charge is 0.331 e. The van der Waals surface area contributed by atoms with Crippen LogP contribution in [0.4, 0.5) is 0 Å². The van der Waals surface area contributed by atoms with E-state index in [1.165, 1.54) is 6.92 Å². The highest BCUT2D eigenvalue weighted by Crippen LogP contribution is 2.35. The molecular formula is C13H12N2O4. The number of rotatable bonds is 1. The van der Waals surface area contributed by atoms with Crippen molar-refractivity contribution in [1.29, 1.82) is 0 Å². The van der Waals surface area contributed by atoms with E-state index in [0.29, 0.717) is 5.75 Å². The SMILES string of the molecule is Cc1c(O)n(C2COc3ccccc32)c(=O)[nH]c1=O. The van der Waals surface area contributed by atoms with Crippen molar-refractivity contribution in [2.75, 3.05) is 6.61 Å². The third-order valence-corrected chi connectivity index (χ3v) is 3.33. The molecule has 3 rings (SSSR count). The molecule has 19 heavy (non-hydrogen) atoms. The molecule has 0 fully saturated rings. The molecule has 1 aromatic carbocycles. The van der Waals surface area contributed by atoms with Gasteiger partial charge in [-0.25, -0.2) is 4.79 Å². The molecule has 0 aliphatic carbocycles. The fourth-order valence-corrected chi connectivity index (χ4v) is 2.28. The van der Waals surface area contributed by atoms with Crippen LogP contribution in [0.25, 0.3) is 0 Å². The average Bonchev–Trinajstić information content (AvgIpc) is 2.81. The number of hydrogen-bond donors (Lipinski definition) is 2. The van der Waals surface area contributed by atoms with Crippen LogP contribution in [-0.4, -0.2) is 21.3 Å². The number of ether oxygens (including phenoxy) is 1. The number of H-pyrrole nitrogens is 1. The molecule has 98 valence electrons. The predicted molar refractivity (Wildman–Crippen MR) is 67.8 cm³/mol. The van der Waals surface area contributed by atoms with Crippen molar-refractivity contribution in [2.24, 2.45) is 0 Å². The van der Waals surface area contributed by atoms with E-state index < -0.39 is 17.3 Å². The predicted octanol–water partition coefficient (Wildman–Crippen LogP) is 0.532. The van der Waals surface area contributed by atoms with Gasteiger partial charge in [0.2, 0.25) is 5.88 Å². The Morgan fingerprint density at radius 3 is 2.89 bits per heavy atom. The summed E-state index contributed by atoms with van der Waals surface area (Å²) in [4.78, 5) is 25.5. The molecule has 1 aliphatic rings. The zero-order valence-corrected chi connectivity index (χ0v) is 10.2. The van der Waals surface area contributed by atoms with Crippen molar-refractivity contribution in [1.82, 2.24) is 9.55 Å². The van der Waals surface area contributed by atoms with Gasteiger partial charge >= 0.3 is 5.69 Å². The second-order valence-corrected chi connectivity index (χ2v) is 4.44. The summed E-state index contributed by atoms with van der Waals surface area (Å²) in [5, 5.41) is 10.0. The molecule has 6 heteroatoms. The van der Waals surface area contributed by atoms with Gasteiger partial charge in [0.05, 0.1) is 5.56 Å². The zero-order valence-electron chi connectivity index (χ0n) is 10.2. The Morgan fingerprint density at radius 1 is 1.37 bits per heavy atom. The Morgan fingerprint density at radius 2 is 2.11 bits per heavy atom. The molecule has 2 heterocycles. The van der Waals surface area contributed by atoms with Gasteiger partial charge in [-0.15, -0.1) is 0 Å². The van der Waals surface area contributed by atoms with Gasteiger partial charge in [-0.3, -0.25) is 14.3 Å². The van der Waals surface area contributed by atoms with Crippen LogP contribution in [0.1, 0.15) is 17.2 Å². The highest BCUT2D eigenvalue weighted by atomic mass is 16.5. The third-order valence-electron chi connectivity index (χ3n) is 3.33. The number of benzene rings is 1. The Balaban J connectivity index is 2.23. The molecule has 2 N–H and O–H groups in total. The van der Waals surface area contributed by atoms with E-state index in [4.69, 9.17) is 4.74 Å². The van der Waals surface area contributed by atoms with Crippen molar-refractivity contribution < 1.29 is 9.84 Å². The molecule has 0 saturated heterocycles. The van der Waals surface area contributed by atoms with Gasteiger partial charge in [0.25, 0.3) is 5.56 Å². The summed E-state index contributed by atoms with van der Waals surface area (Å²) in [6.45, 7) is 1.71. The lowest BCUT2D eigenvalue weighted by Gasteiger charge is -2.15. The number of aromatic amines is 1. The molecule has 1 aliphatic heterocycles. The fourth-order valence-electron chi connectivity index (χ4n) is 2.28. The van der Waals surface area contributed by atoms with E-state index in [2.05, 4.69) is 4.98 Å². The van der Waals surface area contributed by atoms with Crippen LogP contribution in [0, 0.1) is 6.92 Å². The fraction of sp³-hybridized carbons (Fsp3) is 0.231. The number of nitrogens with one attached hydrogen (secondary N) is 1. The lowest BCUT2D eigenvalue weighted by molar-refractivity contribution is 0.294. The highest BCUT2D eigenvalue weighted by molar-refractivity contribution is 5.40. The van der Waals surface area contributed by atoms with E-state index in [9.17, 15) is 14.7 Å². The van der Waals surface area contributed by atoms with Gasteiger partial charge in [0.15, 0.2) is 0 Å². The van der Waals surface area contributed by atoms with Gasteiger partial charge in [-0.1, -0.05) is 18.2 Å². The molecule has 0 radical (unpaired) electrons. The van der Waals surface area contributed by atoms with Gasteiger partial charge in [0.1, 0.15) is 18.4 Å². The summed E-state index contributed by atoms with van der Waals surface area (Å²) in [6.07, 6.45) is 0. The first-order valence-corrected chi connectivity index (χ1v) is 5.85. The first-order valence-electron chi connectivity index (χ1n) is 5.85. The number of aromatic nitrogens is 2. The highest BCUT2D eigenvalue weighted by Gasteiger charge is 2.28. The quantitative estimate of drug-likeness (QED) is 0.783. The van der Waals surface area contributed by atoms with Crippen LogP contribution in [0.15, 0.2) is 33.9 Å². The molecule has 1 aromatic heterocycles. The maximum atomic E-state index is 11.9. The van der Waals surface area contributed by atoms with Crippen LogP contribution >= 0.6 is 0 Å². The summed E-state index contributed by atoms with van der Waals surface area (Å²) in [5.41, 5.74) is -0.292. The van der Waals surface area contributed by atoms with E-state index in [1.54, 1.807) is 6.07 Å². The van der Waals surface area contributed by atoms with Gasteiger partial charge in [-0.2, -0.15) is 0 Å². The van der Waals surface area contributed by atoms with E-state index in [1.807, 2.05) is 18.2 Å². The van der Waals surface area contributed by atoms with Gasteiger partial charge in [-0.05, 0) is 13.0 Å². The lowest BCUT2D eigenvalue weighted by atomic mass is 10.1. The summed E-state index contributed by atoms with van der Waals surface area (Å²) >= 11 is 0. The van der Waals surface area contributed by atoms with Crippen molar-refractivity contribution >= 4 is 0 Å². The Bertz CT molecular complexity index is 760. The van der Waals surface area contributed by atoms with Gasteiger partial charge < -0.3 is 9.84 Å². The Labute approximate surface area is 107 Å². The average molecular weight is 260 g/mol. The summed E-state index contributed by atoms with van der Waals surface area (Å²) in [5.74, 6) is 0.363. The van der Waals surface area contributed by atoms with Gasteiger partial charge in [0, 0.05) is 5.56 Å². The summed E-state index contributed by atoms with van der Waals surface area (Å²) in [7, 11) is 0. The lowest BCUT2D eigenvalue weighted by Crippen LogP contribution is -2.34. The Hall–Kier alpha value is -2.50. The number of aromatic hydroxyl groups is 1. The van der Waals surface area contributed by atoms with Crippen LogP contribution in [-0.2, 0) is 0 Å². The van der Waals surface area contributed by atoms with E-state index >= 15 is 0 Å². The monoisotopic (exact) mass is 260 g/mol. The van der Waals surface area contributed by atoms with Crippen LogP contribution in [0.2, 0.25) is 0 Å². The molecule has 0 bridgehead atoms. The zero-order chi connectivity index (χ0) is 13.6. The maximum absolute atomic E-state index is 11.9. The molecule has 1 unspecified atom stereocenters. The number of nitrogens with zero attached hydrogens (tertiary/aromatic N) is 1. The minimum absolute atomic E-state index is 0.115. The molecule has 0 saturated carbocycles. The molecule has 0 spiro atoms. The second kappa shape index (κ2) is 4.01. The first kappa shape index (κ1) is 11.6. The third kappa shape index (κ3) is 1.64. The van der Waals surface area contributed by atoms with Crippen LogP contribution in [0.3, 0.4) is 0 Å². The topological polar surface area (TPSA) is 84.3 Å². The molecule has 6 nitrogen and oxygen atoms in total. The minimum Gasteiger partial charge on any atom is -0.494 e. The number of para-hydroxylation sites is 1. The standard InChI is InChI=1S/C13H12N2O4/c1-7-11(16)14-13(18)15(12(7)17)9-6-19-10-5-3-2-4-8(9)10/h2-5,9,17H,6H2,1H3,(H,14,16,18). The van der Waals surface area contributed by atoms with Crippen molar-refractivity contribution in [3.05, 3.63) is 56.2 Å². The van der Waals surface area contributed by atoms with Crippen molar-refractivity contribution in [3.8, 4) is 11.6 Å². The normalized spacial score (nSPS) is 17.0. The largest absolute Gasteiger partial charge is 0.494 e. The van der Waals surface area contributed by atoms with Crippen LogP contribution < -0.4 is 16.0 Å². The minimum atomic E-state index is -0.640. The molecule has 1 atom stereocenters. The van der Waals surface area contributed by atoms with Crippen molar-refractivity contribution in [2.45, 2.75) is 13.0 Å². The van der Waals surface area contributed by atoms with Crippen molar-refractivity contribution in [3.63, 3.8) is 0 Å². The van der Waals surface area contributed by atoms with E-state index in [0.717, 1.165) is 10.1 Å². The van der Waals surface area contributed by atoms with E-state index in [-0.39, 0.29) is 18.1 Å². The second-order valence-electron chi connectivity index (χ2n) is 4.44.